The van der Waals surface area contributed by atoms with E-state index in [4.69, 9.17) is 21.6 Å². The number of amides is 1. The number of methoxy groups -OCH3 is 1. The summed E-state index contributed by atoms with van der Waals surface area (Å²) in [5.41, 5.74) is 1.54. The third kappa shape index (κ3) is 4.60. The minimum atomic E-state index is -0.0665. The molecule has 1 amide bonds. The first kappa shape index (κ1) is 17.6. The number of piperidine rings is 1. The predicted molar refractivity (Wildman–Crippen MR) is 90.8 cm³/mol. The number of hydrogen-bond donors (Lipinski definition) is 1. The molecule has 1 heterocycles. The van der Waals surface area contributed by atoms with Crippen molar-refractivity contribution >= 4 is 23.2 Å². The summed E-state index contributed by atoms with van der Waals surface area (Å²) >= 11 is 6.09. The van der Waals surface area contributed by atoms with Crippen LogP contribution in [0.1, 0.15) is 24.8 Å². The minimum Gasteiger partial charge on any atom is -0.495 e. The molecule has 5 nitrogen and oxygen atoms in total. The zero-order chi connectivity index (χ0) is 16.8. The number of nitrogens with zero attached hydrogens (tertiary/aromatic N) is 2. The molecule has 0 saturated carbocycles. The highest BCUT2D eigenvalue weighted by Gasteiger charge is 2.26. The molecule has 1 aliphatic rings. The number of carbonyl (C=O) groups is 1. The molecule has 1 N–H and O–H groups in total. The molecule has 1 fully saturated rings. The summed E-state index contributed by atoms with van der Waals surface area (Å²) < 4.78 is 5.30. The molecule has 1 atom stereocenters. The van der Waals surface area contributed by atoms with Gasteiger partial charge >= 0.3 is 0 Å². The average Bonchev–Trinajstić information content (AvgIpc) is 2.56. The molecular weight excluding hydrogens is 314 g/mol. The molecule has 124 valence electrons. The third-order valence-corrected chi connectivity index (χ3v) is 4.56. The van der Waals surface area contributed by atoms with Crippen molar-refractivity contribution in [3.63, 3.8) is 0 Å². The van der Waals surface area contributed by atoms with Crippen molar-refractivity contribution in [2.75, 3.05) is 32.1 Å². The third-order valence-electron chi connectivity index (χ3n) is 4.15. The Morgan fingerprint density at radius 3 is 3.04 bits per heavy atom. The molecule has 0 aromatic heterocycles. The predicted octanol–water partition coefficient (Wildman–Crippen LogP) is 3.22. The van der Waals surface area contributed by atoms with E-state index in [1.165, 1.54) is 0 Å². The van der Waals surface area contributed by atoms with Crippen LogP contribution < -0.4 is 10.1 Å². The lowest BCUT2D eigenvalue weighted by Gasteiger charge is -2.31. The molecule has 0 bridgehead atoms. The Labute approximate surface area is 142 Å². The van der Waals surface area contributed by atoms with Crippen LogP contribution in [0.3, 0.4) is 0 Å². The molecule has 1 aromatic rings. The number of likely N-dealkylation sites (tertiary alicyclic amines) is 1. The second-order valence-electron chi connectivity index (χ2n) is 5.84. The topological polar surface area (TPSA) is 65.4 Å². The average molecular weight is 336 g/mol. The van der Waals surface area contributed by atoms with Crippen LogP contribution in [0.4, 0.5) is 5.69 Å². The SMILES string of the molecule is COc1cc(Cl)c(C)cc1NC(=O)C1CCCN(CCC#N)C1. The highest BCUT2D eigenvalue weighted by Crippen LogP contribution is 2.31. The molecule has 6 heteroatoms. The van der Waals surface area contributed by atoms with Gasteiger partial charge in [-0.2, -0.15) is 5.26 Å². The van der Waals surface area contributed by atoms with Gasteiger partial charge in [0.1, 0.15) is 5.75 Å². The summed E-state index contributed by atoms with van der Waals surface area (Å²) in [5.74, 6) is 0.487. The van der Waals surface area contributed by atoms with Gasteiger partial charge in [0.15, 0.2) is 0 Å². The van der Waals surface area contributed by atoms with Crippen LogP contribution >= 0.6 is 11.6 Å². The first-order valence-electron chi connectivity index (χ1n) is 7.79. The lowest BCUT2D eigenvalue weighted by molar-refractivity contribution is -0.121. The van der Waals surface area contributed by atoms with E-state index in [1.807, 2.05) is 13.0 Å². The monoisotopic (exact) mass is 335 g/mol. The van der Waals surface area contributed by atoms with Crippen molar-refractivity contribution in [3.8, 4) is 11.8 Å². The van der Waals surface area contributed by atoms with E-state index >= 15 is 0 Å². The van der Waals surface area contributed by atoms with E-state index in [1.54, 1.807) is 13.2 Å². The molecule has 0 spiro atoms. The number of hydrogen-bond acceptors (Lipinski definition) is 4. The number of nitriles is 1. The van der Waals surface area contributed by atoms with Gasteiger partial charge in [-0.25, -0.2) is 0 Å². The standard InChI is InChI=1S/C17H22ClN3O2/c1-12-9-15(16(23-2)10-14(12)18)20-17(22)13-5-3-7-21(11-13)8-4-6-19/h9-10,13H,3-5,7-8,11H2,1-2H3,(H,20,22). The number of aryl methyl sites for hydroxylation is 1. The van der Waals surface area contributed by atoms with Gasteiger partial charge in [-0.1, -0.05) is 11.6 Å². The fourth-order valence-corrected chi connectivity index (χ4v) is 3.00. The number of halogens is 1. The smallest absolute Gasteiger partial charge is 0.228 e. The Hall–Kier alpha value is -1.77. The van der Waals surface area contributed by atoms with E-state index in [0.29, 0.717) is 29.4 Å². The Bertz CT molecular complexity index is 613. The summed E-state index contributed by atoms with van der Waals surface area (Å²) in [7, 11) is 1.56. The fraction of sp³-hybridized carbons (Fsp3) is 0.529. The Morgan fingerprint density at radius 1 is 1.57 bits per heavy atom. The fourth-order valence-electron chi connectivity index (χ4n) is 2.85. The zero-order valence-corrected chi connectivity index (χ0v) is 14.3. The Kier molecular flexibility index (Phi) is 6.26. The summed E-state index contributed by atoms with van der Waals surface area (Å²) in [6.45, 7) is 4.27. The molecule has 1 saturated heterocycles. The number of ether oxygens (including phenoxy) is 1. The Morgan fingerprint density at radius 2 is 2.35 bits per heavy atom. The van der Waals surface area contributed by atoms with Gasteiger partial charge in [-0.15, -0.1) is 0 Å². The Balaban J connectivity index is 2.04. The number of carbonyl (C=O) groups excluding carboxylic acids is 1. The van der Waals surface area contributed by atoms with Gasteiger partial charge in [-0.3, -0.25) is 4.79 Å². The summed E-state index contributed by atoms with van der Waals surface area (Å²) in [6.07, 6.45) is 2.34. The second-order valence-corrected chi connectivity index (χ2v) is 6.25. The van der Waals surface area contributed by atoms with Gasteiger partial charge < -0.3 is 15.0 Å². The van der Waals surface area contributed by atoms with Crippen molar-refractivity contribution in [1.29, 1.82) is 5.26 Å². The highest BCUT2D eigenvalue weighted by molar-refractivity contribution is 6.31. The van der Waals surface area contributed by atoms with Crippen molar-refractivity contribution in [2.45, 2.75) is 26.2 Å². The maximum atomic E-state index is 12.6. The number of benzene rings is 1. The summed E-state index contributed by atoms with van der Waals surface area (Å²) in [4.78, 5) is 14.7. The van der Waals surface area contributed by atoms with Gasteiger partial charge in [0.2, 0.25) is 5.91 Å². The minimum absolute atomic E-state index is 0.00770. The van der Waals surface area contributed by atoms with E-state index in [-0.39, 0.29) is 11.8 Å². The van der Waals surface area contributed by atoms with Crippen LogP contribution in [0.5, 0.6) is 5.75 Å². The molecular formula is C17H22ClN3O2. The van der Waals surface area contributed by atoms with Crippen molar-refractivity contribution < 1.29 is 9.53 Å². The largest absolute Gasteiger partial charge is 0.495 e. The van der Waals surface area contributed by atoms with E-state index in [2.05, 4.69) is 16.3 Å². The zero-order valence-electron chi connectivity index (χ0n) is 13.6. The van der Waals surface area contributed by atoms with E-state index in [0.717, 1.165) is 31.5 Å². The van der Waals surface area contributed by atoms with Gasteiger partial charge in [0.25, 0.3) is 0 Å². The lowest BCUT2D eigenvalue weighted by atomic mass is 9.97. The molecule has 1 unspecified atom stereocenters. The number of anilines is 1. The van der Waals surface area contributed by atoms with Crippen LogP contribution in [-0.2, 0) is 4.79 Å². The first-order chi connectivity index (χ1) is 11.0. The van der Waals surface area contributed by atoms with Gasteiger partial charge in [-0.05, 0) is 37.9 Å². The molecule has 0 aliphatic carbocycles. The van der Waals surface area contributed by atoms with Crippen molar-refractivity contribution in [2.24, 2.45) is 5.92 Å². The normalized spacial score (nSPS) is 18.3. The second kappa shape index (κ2) is 8.19. The van der Waals surface area contributed by atoms with Gasteiger partial charge in [0.05, 0.1) is 24.8 Å². The van der Waals surface area contributed by atoms with Crippen LogP contribution in [0.15, 0.2) is 12.1 Å². The lowest BCUT2D eigenvalue weighted by Crippen LogP contribution is -2.41. The van der Waals surface area contributed by atoms with Crippen LogP contribution in [-0.4, -0.2) is 37.6 Å². The van der Waals surface area contributed by atoms with Crippen molar-refractivity contribution in [1.82, 2.24) is 4.90 Å². The molecule has 1 aliphatic heterocycles. The molecule has 0 radical (unpaired) electrons. The quantitative estimate of drug-likeness (QED) is 0.897. The van der Waals surface area contributed by atoms with E-state index in [9.17, 15) is 4.79 Å². The molecule has 1 aromatic carbocycles. The van der Waals surface area contributed by atoms with Crippen LogP contribution in [0.25, 0.3) is 0 Å². The maximum absolute atomic E-state index is 12.6. The van der Waals surface area contributed by atoms with Crippen LogP contribution in [0, 0.1) is 24.2 Å². The maximum Gasteiger partial charge on any atom is 0.228 e. The van der Waals surface area contributed by atoms with E-state index < -0.39 is 0 Å². The summed E-state index contributed by atoms with van der Waals surface area (Å²) in [6, 6.07) is 5.70. The molecule has 23 heavy (non-hydrogen) atoms. The van der Waals surface area contributed by atoms with Gasteiger partial charge in [0, 0.05) is 30.6 Å². The number of nitrogens with one attached hydrogen (secondary N) is 1. The summed E-state index contributed by atoms with van der Waals surface area (Å²) in [5, 5.41) is 12.3. The highest BCUT2D eigenvalue weighted by atomic mass is 35.5. The first-order valence-corrected chi connectivity index (χ1v) is 8.17. The van der Waals surface area contributed by atoms with Crippen molar-refractivity contribution in [3.05, 3.63) is 22.7 Å². The number of rotatable bonds is 5. The van der Waals surface area contributed by atoms with Crippen LogP contribution in [0.2, 0.25) is 5.02 Å². The molecule has 2 rings (SSSR count).